The monoisotopic (exact) mass is 254 g/mol. The number of ketones is 1. The third-order valence-electron chi connectivity index (χ3n) is 3.47. The summed E-state index contributed by atoms with van der Waals surface area (Å²) in [5.41, 5.74) is 3.15. The summed E-state index contributed by atoms with van der Waals surface area (Å²) in [4.78, 5) is 23.7. The van der Waals surface area contributed by atoms with Crippen molar-refractivity contribution < 1.29 is 9.59 Å². The van der Waals surface area contributed by atoms with Crippen molar-refractivity contribution in [2.24, 2.45) is 0 Å². The molecule has 0 fully saturated rings. The molecule has 1 amide bonds. The predicted molar refractivity (Wildman–Crippen MR) is 73.8 cm³/mol. The Bertz CT molecular complexity index is 738. The molecule has 0 radical (unpaired) electrons. The SMILES string of the molecule is CC(=O)c1cn(C2=C(C)CNC2=O)c2ccccc12. The van der Waals surface area contributed by atoms with Crippen LogP contribution in [0.2, 0.25) is 0 Å². The molecule has 2 aromatic rings. The summed E-state index contributed by atoms with van der Waals surface area (Å²) in [6.45, 7) is 4.04. The number of hydrogen-bond acceptors (Lipinski definition) is 2. The van der Waals surface area contributed by atoms with Crippen molar-refractivity contribution in [1.82, 2.24) is 9.88 Å². The van der Waals surface area contributed by atoms with Gasteiger partial charge in [0.1, 0.15) is 5.70 Å². The van der Waals surface area contributed by atoms with Crippen LogP contribution in [0.25, 0.3) is 16.6 Å². The third kappa shape index (κ3) is 1.68. The highest BCUT2D eigenvalue weighted by molar-refractivity contribution is 6.19. The molecular formula is C15H14N2O2. The first kappa shape index (κ1) is 11.7. The maximum absolute atomic E-state index is 11.9. The Hall–Kier alpha value is -2.36. The Morgan fingerprint density at radius 1 is 1.32 bits per heavy atom. The topological polar surface area (TPSA) is 51.1 Å². The summed E-state index contributed by atoms with van der Waals surface area (Å²) < 4.78 is 1.82. The van der Waals surface area contributed by atoms with E-state index in [1.165, 1.54) is 0 Å². The van der Waals surface area contributed by atoms with Gasteiger partial charge in [-0.25, -0.2) is 0 Å². The second kappa shape index (κ2) is 4.09. The number of nitrogens with one attached hydrogen (secondary N) is 1. The number of amides is 1. The van der Waals surface area contributed by atoms with E-state index in [4.69, 9.17) is 0 Å². The molecule has 0 bridgehead atoms. The van der Waals surface area contributed by atoms with Crippen LogP contribution in [-0.4, -0.2) is 22.8 Å². The Morgan fingerprint density at radius 3 is 2.68 bits per heavy atom. The van der Waals surface area contributed by atoms with E-state index in [1.54, 1.807) is 13.1 Å². The van der Waals surface area contributed by atoms with Gasteiger partial charge >= 0.3 is 0 Å². The van der Waals surface area contributed by atoms with Gasteiger partial charge in [0.2, 0.25) is 0 Å². The number of aromatic nitrogens is 1. The summed E-state index contributed by atoms with van der Waals surface area (Å²) in [6.07, 6.45) is 1.76. The molecule has 96 valence electrons. The molecule has 0 aliphatic carbocycles. The number of para-hydroxylation sites is 1. The van der Waals surface area contributed by atoms with Crippen LogP contribution in [0.5, 0.6) is 0 Å². The maximum atomic E-state index is 11.9. The number of carbonyl (C=O) groups excluding carboxylic acids is 2. The standard InChI is InChI=1S/C15H14N2O2/c1-9-7-16-15(19)14(9)17-8-12(10(2)18)11-5-3-4-6-13(11)17/h3-6,8H,7H2,1-2H3,(H,16,19). The molecule has 0 atom stereocenters. The van der Waals surface area contributed by atoms with Crippen LogP contribution in [-0.2, 0) is 4.79 Å². The fourth-order valence-electron chi connectivity index (χ4n) is 2.53. The van der Waals surface area contributed by atoms with Crippen molar-refractivity contribution in [3.05, 3.63) is 41.6 Å². The van der Waals surface area contributed by atoms with Crippen molar-refractivity contribution in [2.75, 3.05) is 6.54 Å². The minimum atomic E-state index is -0.0895. The van der Waals surface area contributed by atoms with Gasteiger partial charge in [0.25, 0.3) is 5.91 Å². The Kier molecular flexibility index (Phi) is 2.52. The van der Waals surface area contributed by atoms with E-state index < -0.39 is 0 Å². The molecule has 1 aliphatic rings. The number of hydrogen-bond donors (Lipinski definition) is 1. The van der Waals surface area contributed by atoms with Crippen molar-refractivity contribution >= 4 is 28.3 Å². The third-order valence-corrected chi connectivity index (χ3v) is 3.47. The lowest BCUT2D eigenvalue weighted by molar-refractivity contribution is -0.115. The quantitative estimate of drug-likeness (QED) is 0.835. The zero-order valence-corrected chi connectivity index (χ0v) is 10.9. The van der Waals surface area contributed by atoms with Gasteiger partial charge in [0.05, 0.1) is 5.52 Å². The normalized spacial score (nSPS) is 15.2. The van der Waals surface area contributed by atoms with E-state index in [9.17, 15) is 9.59 Å². The van der Waals surface area contributed by atoms with Crippen LogP contribution in [0, 0.1) is 0 Å². The highest BCUT2D eigenvalue weighted by Crippen LogP contribution is 2.27. The number of fused-ring (bicyclic) bond motifs is 1. The summed E-state index contributed by atoms with van der Waals surface area (Å²) >= 11 is 0. The fraction of sp³-hybridized carbons (Fsp3) is 0.200. The fourth-order valence-corrected chi connectivity index (χ4v) is 2.53. The summed E-state index contributed by atoms with van der Waals surface area (Å²) in [5.74, 6) is -0.0834. The molecule has 3 rings (SSSR count). The van der Waals surface area contributed by atoms with Gasteiger partial charge in [-0.1, -0.05) is 18.2 Å². The molecule has 1 aromatic heterocycles. The summed E-state index contributed by atoms with van der Waals surface area (Å²) in [6, 6.07) is 7.64. The van der Waals surface area contributed by atoms with Crippen molar-refractivity contribution in [1.29, 1.82) is 0 Å². The number of Topliss-reactive ketones (excluding diaryl/α,β-unsaturated/α-hetero) is 1. The van der Waals surface area contributed by atoms with Gasteiger partial charge in [-0.3, -0.25) is 9.59 Å². The number of rotatable bonds is 2. The Labute approximate surface area is 110 Å². The van der Waals surface area contributed by atoms with Gasteiger partial charge in [0, 0.05) is 23.7 Å². The minimum Gasteiger partial charge on any atom is -0.347 e. The minimum absolute atomic E-state index is 0.00612. The van der Waals surface area contributed by atoms with Gasteiger partial charge < -0.3 is 9.88 Å². The van der Waals surface area contributed by atoms with Gasteiger partial charge in [-0.15, -0.1) is 0 Å². The molecule has 2 heterocycles. The van der Waals surface area contributed by atoms with Crippen molar-refractivity contribution in [3.63, 3.8) is 0 Å². The van der Waals surface area contributed by atoms with Crippen LogP contribution in [0.3, 0.4) is 0 Å². The van der Waals surface area contributed by atoms with Gasteiger partial charge in [-0.05, 0) is 25.5 Å². The lowest BCUT2D eigenvalue weighted by Crippen LogP contribution is -2.18. The first-order chi connectivity index (χ1) is 9.09. The largest absolute Gasteiger partial charge is 0.347 e. The Balaban J connectivity index is 2.34. The van der Waals surface area contributed by atoms with E-state index in [1.807, 2.05) is 35.8 Å². The number of benzene rings is 1. The molecular weight excluding hydrogens is 240 g/mol. The van der Waals surface area contributed by atoms with Gasteiger partial charge in [0.15, 0.2) is 5.78 Å². The van der Waals surface area contributed by atoms with Gasteiger partial charge in [-0.2, -0.15) is 0 Å². The van der Waals surface area contributed by atoms with E-state index in [0.717, 1.165) is 16.5 Å². The lowest BCUT2D eigenvalue weighted by atomic mass is 10.1. The first-order valence-corrected chi connectivity index (χ1v) is 6.19. The molecule has 0 unspecified atom stereocenters. The lowest BCUT2D eigenvalue weighted by Gasteiger charge is -2.05. The van der Waals surface area contributed by atoms with E-state index in [2.05, 4.69) is 5.32 Å². The van der Waals surface area contributed by atoms with Crippen LogP contribution in [0.4, 0.5) is 0 Å². The highest BCUT2D eigenvalue weighted by Gasteiger charge is 2.24. The Morgan fingerprint density at radius 2 is 2.05 bits per heavy atom. The van der Waals surface area contributed by atoms with Crippen molar-refractivity contribution in [3.8, 4) is 0 Å². The van der Waals surface area contributed by atoms with Crippen LogP contribution >= 0.6 is 0 Å². The van der Waals surface area contributed by atoms with Crippen LogP contribution in [0.1, 0.15) is 24.2 Å². The molecule has 4 heteroatoms. The molecule has 1 N–H and O–H groups in total. The number of nitrogens with zero attached hydrogens (tertiary/aromatic N) is 1. The molecule has 1 aromatic carbocycles. The zero-order valence-electron chi connectivity index (χ0n) is 10.9. The molecule has 0 spiro atoms. The average molecular weight is 254 g/mol. The van der Waals surface area contributed by atoms with E-state index in [0.29, 0.717) is 17.8 Å². The molecule has 4 nitrogen and oxygen atoms in total. The van der Waals surface area contributed by atoms with E-state index in [-0.39, 0.29) is 11.7 Å². The summed E-state index contributed by atoms with van der Waals surface area (Å²) in [5, 5.41) is 3.69. The molecule has 0 saturated heterocycles. The van der Waals surface area contributed by atoms with E-state index >= 15 is 0 Å². The average Bonchev–Trinajstić information content (AvgIpc) is 2.91. The van der Waals surface area contributed by atoms with Crippen molar-refractivity contribution in [2.45, 2.75) is 13.8 Å². The first-order valence-electron chi connectivity index (χ1n) is 6.19. The second-order valence-corrected chi connectivity index (χ2v) is 4.80. The van der Waals surface area contributed by atoms with Crippen LogP contribution in [0.15, 0.2) is 36.0 Å². The molecule has 19 heavy (non-hydrogen) atoms. The smallest absolute Gasteiger partial charge is 0.268 e. The number of carbonyl (C=O) groups is 2. The molecule has 1 aliphatic heterocycles. The predicted octanol–water partition coefficient (Wildman–Crippen LogP) is 2.20. The molecule has 0 saturated carbocycles. The second-order valence-electron chi connectivity index (χ2n) is 4.80. The zero-order chi connectivity index (χ0) is 13.6. The van der Waals surface area contributed by atoms with Crippen LogP contribution < -0.4 is 5.32 Å². The maximum Gasteiger partial charge on any atom is 0.268 e. The highest BCUT2D eigenvalue weighted by atomic mass is 16.2. The summed E-state index contributed by atoms with van der Waals surface area (Å²) in [7, 11) is 0.